The second-order valence-electron chi connectivity index (χ2n) is 3.14. The highest BCUT2D eigenvalue weighted by Crippen LogP contribution is 2.30. The van der Waals surface area contributed by atoms with E-state index in [1.807, 2.05) is 0 Å². The van der Waals surface area contributed by atoms with Crippen LogP contribution in [0.2, 0.25) is 5.02 Å². The van der Waals surface area contributed by atoms with E-state index in [4.69, 9.17) is 17.3 Å². The lowest BCUT2D eigenvalue weighted by Gasteiger charge is -2.00. The Morgan fingerprint density at radius 1 is 1.20 bits per heavy atom. The normalized spacial score (nSPS) is 18.5. The molecule has 0 amide bonds. The van der Waals surface area contributed by atoms with E-state index < -0.39 is 9.84 Å². The summed E-state index contributed by atoms with van der Waals surface area (Å²) >= 11 is 5.94. The van der Waals surface area contributed by atoms with Crippen LogP contribution in [0.15, 0.2) is 40.8 Å². The summed E-state index contributed by atoms with van der Waals surface area (Å²) in [6.07, 6.45) is 1.41. The summed E-state index contributed by atoms with van der Waals surface area (Å²) in [5.41, 5.74) is 6.56. The number of nitrogens with two attached hydrogens (primary N) is 1. The van der Waals surface area contributed by atoms with Gasteiger partial charge in [-0.2, -0.15) is 0 Å². The Morgan fingerprint density at radius 2 is 1.87 bits per heavy atom. The Balaban J connectivity index is 2.58. The predicted octanol–water partition coefficient (Wildman–Crippen LogP) is 1.91. The summed E-state index contributed by atoms with van der Waals surface area (Å²) in [5.74, 6) is 0. The van der Waals surface area contributed by atoms with Crippen molar-refractivity contribution in [2.75, 3.05) is 0 Å². The molecule has 2 rings (SSSR count). The van der Waals surface area contributed by atoms with Gasteiger partial charge in [0.1, 0.15) is 5.03 Å². The number of hydrogen-bond donors (Lipinski definition) is 1. The SMILES string of the molecule is NC1=CC(c2ccccc2Cl)=CS1(=O)=O. The van der Waals surface area contributed by atoms with Crippen LogP contribution in [-0.4, -0.2) is 8.42 Å². The first-order valence-electron chi connectivity index (χ1n) is 4.19. The fourth-order valence-electron chi connectivity index (χ4n) is 1.34. The van der Waals surface area contributed by atoms with Crippen molar-refractivity contribution in [2.45, 2.75) is 0 Å². The standard InChI is InChI=1S/C10H8ClNO2S/c11-9-4-2-1-3-8(9)7-5-10(12)15(13,14)6-7/h1-6H,12H2. The highest BCUT2D eigenvalue weighted by molar-refractivity contribution is 7.98. The first-order chi connectivity index (χ1) is 7.00. The van der Waals surface area contributed by atoms with E-state index in [9.17, 15) is 8.42 Å². The van der Waals surface area contributed by atoms with E-state index in [2.05, 4.69) is 0 Å². The zero-order valence-electron chi connectivity index (χ0n) is 7.64. The Labute approximate surface area is 92.8 Å². The first kappa shape index (κ1) is 10.3. The van der Waals surface area contributed by atoms with Crippen molar-refractivity contribution >= 4 is 27.0 Å². The molecule has 0 aliphatic carbocycles. The zero-order valence-corrected chi connectivity index (χ0v) is 9.22. The van der Waals surface area contributed by atoms with Crippen LogP contribution in [0.1, 0.15) is 5.56 Å². The van der Waals surface area contributed by atoms with Crippen molar-refractivity contribution in [3.8, 4) is 0 Å². The minimum absolute atomic E-state index is 0.141. The van der Waals surface area contributed by atoms with Gasteiger partial charge in [-0.3, -0.25) is 0 Å². The molecule has 0 spiro atoms. The Morgan fingerprint density at radius 3 is 2.40 bits per heavy atom. The number of hydrogen-bond acceptors (Lipinski definition) is 3. The largest absolute Gasteiger partial charge is 0.389 e. The van der Waals surface area contributed by atoms with Crippen molar-refractivity contribution in [3.05, 3.63) is 51.4 Å². The molecule has 0 saturated heterocycles. The van der Waals surface area contributed by atoms with Gasteiger partial charge in [0.2, 0.25) is 9.84 Å². The quantitative estimate of drug-likeness (QED) is 0.817. The number of allylic oxidation sites excluding steroid dienone is 2. The topological polar surface area (TPSA) is 60.2 Å². The molecule has 0 atom stereocenters. The van der Waals surface area contributed by atoms with E-state index in [0.29, 0.717) is 16.2 Å². The molecule has 0 radical (unpaired) electrons. The Kier molecular flexibility index (Phi) is 2.32. The average Bonchev–Trinajstić information content (AvgIpc) is 2.42. The lowest BCUT2D eigenvalue weighted by atomic mass is 10.1. The fraction of sp³-hybridized carbons (Fsp3) is 0. The minimum Gasteiger partial charge on any atom is -0.389 e. The molecule has 0 fully saturated rings. The summed E-state index contributed by atoms with van der Waals surface area (Å²) < 4.78 is 22.7. The van der Waals surface area contributed by atoms with E-state index in [-0.39, 0.29) is 5.03 Å². The summed E-state index contributed by atoms with van der Waals surface area (Å²) in [5, 5.41) is 1.49. The molecular formula is C10H8ClNO2S. The van der Waals surface area contributed by atoms with Crippen LogP contribution in [0.3, 0.4) is 0 Å². The van der Waals surface area contributed by atoms with Gasteiger partial charge in [-0.05, 0) is 17.7 Å². The molecule has 0 unspecified atom stereocenters. The zero-order chi connectivity index (χ0) is 11.1. The monoisotopic (exact) mass is 241 g/mol. The second kappa shape index (κ2) is 3.40. The third-order valence-electron chi connectivity index (χ3n) is 2.09. The number of rotatable bonds is 1. The van der Waals surface area contributed by atoms with E-state index in [1.165, 1.54) is 6.08 Å². The fourth-order valence-corrected chi connectivity index (χ4v) is 2.54. The summed E-state index contributed by atoms with van der Waals surface area (Å²) in [7, 11) is -3.42. The molecule has 1 aromatic rings. The molecule has 1 aliphatic rings. The number of halogens is 1. The summed E-state index contributed by atoms with van der Waals surface area (Å²) in [6.45, 7) is 0. The van der Waals surface area contributed by atoms with Crippen molar-refractivity contribution < 1.29 is 8.42 Å². The highest BCUT2D eigenvalue weighted by Gasteiger charge is 2.21. The van der Waals surface area contributed by atoms with Gasteiger partial charge in [-0.25, -0.2) is 8.42 Å². The minimum atomic E-state index is -3.42. The van der Waals surface area contributed by atoms with Crippen LogP contribution in [0.4, 0.5) is 0 Å². The van der Waals surface area contributed by atoms with Crippen LogP contribution in [0.25, 0.3) is 5.57 Å². The van der Waals surface area contributed by atoms with Gasteiger partial charge in [-0.1, -0.05) is 29.8 Å². The van der Waals surface area contributed by atoms with Crippen LogP contribution in [0.5, 0.6) is 0 Å². The van der Waals surface area contributed by atoms with Crippen LogP contribution in [0, 0.1) is 0 Å². The van der Waals surface area contributed by atoms with Crippen molar-refractivity contribution in [3.63, 3.8) is 0 Å². The van der Waals surface area contributed by atoms with Gasteiger partial charge in [0.15, 0.2) is 0 Å². The van der Waals surface area contributed by atoms with Crippen LogP contribution < -0.4 is 5.73 Å². The number of benzene rings is 1. The maximum atomic E-state index is 11.3. The molecule has 78 valence electrons. The van der Waals surface area contributed by atoms with Gasteiger partial charge >= 0.3 is 0 Å². The van der Waals surface area contributed by atoms with Gasteiger partial charge in [0.25, 0.3) is 0 Å². The molecule has 1 heterocycles. The maximum absolute atomic E-state index is 11.3. The van der Waals surface area contributed by atoms with Gasteiger partial charge < -0.3 is 5.73 Å². The molecular weight excluding hydrogens is 234 g/mol. The van der Waals surface area contributed by atoms with Gasteiger partial charge in [0, 0.05) is 16.0 Å². The van der Waals surface area contributed by atoms with Crippen LogP contribution >= 0.6 is 11.6 Å². The maximum Gasteiger partial charge on any atom is 0.215 e. The second-order valence-corrected chi connectivity index (χ2v) is 5.35. The first-order valence-corrected chi connectivity index (χ1v) is 6.12. The highest BCUT2D eigenvalue weighted by atomic mass is 35.5. The third kappa shape index (κ3) is 1.78. The van der Waals surface area contributed by atoms with Crippen molar-refractivity contribution in [1.29, 1.82) is 0 Å². The molecule has 1 aromatic carbocycles. The molecule has 3 nitrogen and oxygen atoms in total. The smallest absolute Gasteiger partial charge is 0.215 e. The molecule has 5 heteroatoms. The Bertz CT molecular complexity index is 573. The van der Waals surface area contributed by atoms with Crippen molar-refractivity contribution in [2.24, 2.45) is 5.73 Å². The molecule has 0 saturated carbocycles. The molecule has 15 heavy (non-hydrogen) atoms. The van der Waals surface area contributed by atoms with E-state index >= 15 is 0 Å². The molecule has 0 aromatic heterocycles. The van der Waals surface area contributed by atoms with Gasteiger partial charge in [0.05, 0.1) is 0 Å². The van der Waals surface area contributed by atoms with E-state index in [1.54, 1.807) is 24.3 Å². The number of sulfone groups is 1. The molecule has 0 bridgehead atoms. The lowest BCUT2D eigenvalue weighted by molar-refractivity contribution is 0.610. The third-order valence-corrected chi connectivity index (χ3v) is 3.76. The Hall–Kier alpha value is -1.26. The molecule has 2 N–H and O–H groups in total. The summed E-state index contributed by atoms with van der Waals surface area (Å²) in [6, 6.07) is 7.02. The average molecular weight is 242 g/mol. The molecule has 1 aliphatic heterocycles. The predicted molar refractivity (Wildman–Crippen MR) is 60.6 cm³/mol. The summed E-state index contributed by atoms with van der Waals surface area (Å²) in [4.78, 5) is 0. The van der Waals surface area contributed by atoms with Gasteiger partial charge in [-0.15, -0.1) is 0 Å². The van der Waals surface area contributed by atoms with E-state index in [0.717, 1.165) is 5.41 Å². The lowest BCUT2D eigenvalue weighted by Crippen LogP contribution is -2.04. The van der Waals surface area contributed by atoms with Crippen molar-refractivity contribution in [1.82, 2.24) is 0 Å². The van der Waals surface area contributed by atoms with Crippen LogP contribution in [-0.2, 0) is 9.84 Å².